The zero-order valence-corrected chi connectivity index (χ0v) is 7.39. The molecule has 3 rings (SSSR count). The Morgan fingerprint density at radius 2 is 2.15 bits per heavy atom. The smallest absolute Gasteiger partial charge is 0.146 e. The number of fused-ring (bicyclic) bond motifs is 1. The number of hydrogen-bond acceptors (Lipinski definition) is 1. The molecule has 1 atom stereocenters. The van der Waals surface area contributed by atoms with E-state index in [-0.39, 0.29) is 5.82 Å². The van der Waals surface area contributed by atoms with Crippen molar-refractivity contribution in [3.63, 3.8) is 0 Å². The Morgan fingerprint density at radius 1 is 1.31 bits per heavy atom. The van der Waals surface area contributed by atoms with Crippen molar-refractivity contribution in [3.05, 3.63) is 29.6 Å². The fourth-order valence-corrected chi connectivity index (χ4v) is 2.28. The molecular weight excluding hydrogens is 165 g/mol. The minimum absolute atomic E-state index is 0.0966. The van der Waals surface area contributed by atoms with E-state index in [2.05, 4.69) is 11.4 Å². The first-order valence-electron chi connectivity index (χ1n) is 4.88. The van der Waals surface area contributed by atoms with Crippen LogP contribution in [0.15, 0.2) is 18.2 Å². The topological polar surface area (TPSA) is 12.0 Å². The predicted octanol–water partition coefficient (Wildman–Crippen LogP) is 2.74. The summed E-state index contributed by atoms with van der Waals surface area (Å²) in [6, 6.07) is 5.40. The Balaban J connectivity index is 2.05. The Kier molecular flexibility index (Phi) is 1.40. The molecule has 0 aromatic heterocycles. The third-order valence-corrected chi connectivity index (χ3v) is 3.14. The minimum Gasteiger partial charge on any atom is -0.382 e. The van der Waals surface area contributed by atoms with Crippen molar-refractivity contribution in [1.82, 2.24) is 0 Å². The Bertz CT molecular complexity index is 344. The van der Waals surface area contributed by atoms with Crippen LogP contribution < -0.4 is 5.32 Å². The van der Waals surface area contributed by atoms with Gasteiger partial charge >= 0.3 is 0 Å². The average Bonchev–Trinajstić information content (AvgIpc) is 2.87. The minimum atomic E-state index is -0.0966. The van der Waals surface area contributed by atoms with Crippen LogP contribution in [-0.4, -0.2) is 6.54 Å². The van der Waals surface area contributed by atoms with Crippen LogP contribution in [0.2, 0.25) is 0 Å². The van der Waals surface area contributed by atoms with Crippen LogP contribution in [0.25, 0.3) is 0 Å². The van der Waals surface area contributed by atoms with Crippen LogP contribution in [0, 0.1) is 11.7 Å². The molecule has 1 saturated carbocycles. The van der Waals surface area contributed by atoms with Crippen molar-refractivity contribution in [2.75, 3.05) is 11.9 Å². The fraction of sp³-hybridized carbons (Fsp3) is 0.455. The number of anilines is 1. The highest BCUT2D eigenvalue weighted by Crippen LogP contribution is 2.47. The monoisotopic (exact) mass is 177 g/mol. The highest BCUT2D eigenvalue weighted by molar-refractivity contribution is 5.59. The number of hydrogen-bond donors (Lipinski definition) is 1. The van der Waals surface area contributed by atoms with Gasteiger partial charge in [0.25, 0.3) is 0 Å². The summed E-state index contributed by atoms with van der Waals surface area (Å²) in [7, 11) is 0. The highest BCUT2D eigenvalue weighted by atomic mass is 19.1. The Labute approximate surface area is 77.0 Å². The van der Waals surface area contributed by atoms with E-state index >= 15 is 0 Å². The van der Waals surface area contributed by atoms with E-state index in [0.29, 0.717) is 5.92 Å². The average molecular weight is 177 g/mol. The maximum Gasteiger partial charge on any atom is 0.146 e. The van der Waals surface area contributed by atoms with Crippen LogP contribution >= 0.6 is 0 Å². The van der Waals surface area contributed by atoms with Crippen molar-refractivity contribution < 1.29 is 4.39 Å². The van der Waals surface area contributed by atoms with Crippen LogP contribution in [0.3, 0.4) is 0 Å². The molecular formula is C11H12FN. The zero-order chi connectivity index (χ0) is 8.84. The van der Waals surface area contributed by atoms with Gasteiger partial charge in [0.05, 0.1) is 5.69 Å². The molecule has 1 heterocycles. The summed E-state index contributed by atoms with van der Waals surface area (Å²) in [6.07, 6.45) is 2.64. The Hall–Kier alpha value is -1.05. The molecule has 2 aliphatic rings. The van der Waals surface area contributed by atoms with E-state index in [9.17, 15) is 4.39 Å². The number of rotatable bonds is 1. The van der Waals surface area contributed by atoms with Gasteiger partial charge in [0.2, 0.25) is 0 Å². The lowest BCUT2D eigenvalue weighted by atomic mass is 9.96. The predicted molar refractivity (Wildman–Crippen MR) is 50.4 cm³/mol. The largest absolute Gasteiger partial charge is 0.382 e. The molecule has 68 valence electrons. The summed E-state index contributed by atoms with van der Waals surface area (Å²) in [4.78, 5) is 0. The van der Waals surface area contributed by atoms with Gasteiger partial charge < -0.3 is 5.32 Å². The summed E-state index contributed by atoms with van der Waals surface area (Å²) < 4.78 is 13.3. The van der Waals surface area contributed by atoms with E-state index in [1.165, 1.54) is 24.5 Å². The van der Waals surface area contributed by atoms with Gasteiger partial charge in [0.1, 0.15) is 5.82 Å². The van der Waals surface area contributed by atoms with E-state index in [0.717, 1.165) is 18.2 Å². The van der Waals surface area contributed by atoms with E-state index in [4.69, 9.17) is 0 Å². The summed E-state index contributed by atoms with van der Waals surface area (Å²) in [5.74, 6) is 1.29. The van der Waals surface area contributed by atoms with Gasteiger partial charge in [0, 0.05) is 12.5 Å². The molecule has 1 aliphatic heterocycles. The third kappa shape index (κ3) is 1.05. The lowest BCUT2D eigenvalue weighted by Gasteiger charge is -2.06. The first-order valence-corrected chi connectivity index (χ1v) is 4.88. The van der Waals surface area contributed by atoms with Gasteiger partial charge in [-0.1, -0.05) is 12.1 Å². The second-order valence-electron chi connectivity index (χ2n) is 4.03. The van der Waals surface area contributed by atoms with E-state index in [1.807, 2.05) is 6.07 Å². The molecule has 0 radical (unpaired) electrons. The van der Waals surface area contributed by atoms with E-state index in [1.54, 1.807) is 0 Å². The van der Waals surface area contributed by atoms with Crippen LogP contribution in [0.4, 0.5) is 10.1 Å². The fourth-order valence-electron chi connectivity index (χ4n) is 2.28. The SMILES string of the molecule is Fc1cccc2c1NCC2C1CC1. The summed E-state index contributed by atoms with van der Waals surface area (Å²) in [6.45, 7) is 0.931. The Morgan fingerprint density at radius 3 is 2.92 bits per heavy atom. The molecule has 1 aliphatic carbocycles. The molecule has 0 bridgehead atoms. The molecule has 1 aromatic carbocycles. The highest BCUT2D eigenvalue weighted by Gasteiger charge is 2.37. The first-order chi connectivity index (χ1) is 6.36. The van der Waals surface area contributed by atoms with Crippen molar-refractivity contribution >= 4 is 5.69 Å². The summed E-state index contributed by atoms with van der Waals surface area (Å²) >= 11 is 0. The number of halogens is 1. The molecule has 13 heavy (non-hydrogen) atoms. The van der Waals surface area contributed by atoms with Gasteiger partial charge in [-0.2, -0.15) is 0 Å². The number of para-hydroxylation sites is 1. The second kappa shape index (κ2) is 2.47. The molecule has 2 heteroatoms. The van der Waals surface area contributed by atoms with Crippen LogP contribution in [0.1, 0.15) is 24.3 Å². The summed E-state index contributed by atoms with van der Waals surface area (Å²) in [5, 5.41) is 3.16. The van der Waals surface area contributed by atoms with Gasteiger partial charge in [-0.3, -0.25) is 0 Å². The molecule has 1 N–H and O–H groups in total. The summed E-state index contributed by atoms with van der Waals surface area (Å²) in [5.41, 5.74) is 1.95. The normalized spacial score (nSPS) is 25.5. The standard InChI is InChI=1S/C11H12FN/c12-10-3-1-2-8-9(7-4-5-7)6-13-11(8)10/h1-3,7,9,13H,4-6H2. The number of nitrogens with one attached hydrogen (secondary N) is 1. The number of benzene rings is 1. The molecule has 1 nitrogen and oxygen atoms in total. The molecule has 1 aromatic rings. The zero-order valence-electron chi connectivity index (χ0n) is 7.39. The maximum atomic E-state index is 13.3. The van der Waals surface area contributed by atoms with E-state index < -0.39 is 0 Å². The van der Waals surface area contributed by atoms with Gasteiger partial charge in [0.15, 0.2) is 0 Å². The first kappa shape index (κ1) is 7.36. The van der Waals surface area contributed by atoms with Gasteiger partial charge in [-0.05, 0) is 30.4 Å². The molecule has 1 unspecified atom stereocenters. The van der Waals surface area contributed by atoms with Crippen molar-refractivity contribution in [2.24, 2.45) is 5.92 Å². The maximum absolute atomic E-state index is 13.3. The second-order valence-corrected chi connectivity index (χ2v) is 4.03. The quantitative estimate of drug-likeness (QED) is 0.695. The molecule has 1 fully saturated rings. The van der Waals surface area contributed by atoms with Gasteiger partial charge in [-0.15, -0.1) is 0 Å². The molecule has 0 amide bonds. The van der Waals surface area contributed by atoms with Crippen molar-refractivity contribution in [3.8, 4) is 0 Å². The van der Waals surface area contributed by atoms with Crippen molar-refractivity contribution in [1.29, 1.82) is 0 Å². The molecule has 0 spiro atoms. The lowest BCUT2D eigenvalue weighted by molar-refractivity contribution is 0.629. The van der Waals surface area contributed by atoms with Crippen LogP contribution in [0.5, 0.6) is 0 Å². The lowest BCUT2D eigenvalue weighted by Crippen LogP contribution is -2.03. The van der Waals surface area contributed by atoms with Crippen molar-refractivity contribution in [2.45, 2.75) is 18.8 Å². The van der Waals surface area contributed by atoms with Gasteiger partial charge in [-0.25, -0.2) is 4.39 Å². The molecule has 0 saturated heterocycles. The third-order valence-electron chi connectivity index (χ3n) is 3.14. The van der Waals surface area contributed by atoms with Crippen LogP contribution in [-0.2, 0) is 0 Å².